The molecule has 0 bridgehead atoms. The Balaban J connectivity index is 1.18. The van der Waals surface area contributed by atoms with Crippen LogP contribution >= 0.6 is 0 Å². The van der Waals surface area contributed by atoms with E-state index in [1.165, 1.54) is 28.8 Å². The van der Waals surface area contributed by atoms with E-state index in [2.05, 4.69) is 46.0 Å². The third-order valence-corrected chi connectivity index (χ3v) is 7.28. The molecule has 1 fully saturated rings. The smallest absolute Gasteiger partial charge is 0.356 e. The second kappa shape index (κ2) is 10.1. The minimum absolute atomic E-state index is 0.0186. The van der Waals surface area contributed by atoms with E-state index in [0.29, 0.717) is 32.7 Å². The number of benzene rings is 2. The Bertz CT molecular complexity index is 1140. The van der Waals surface area contributed by atoms with E-state index in [9.17, 15) is 18.0 Å². The highest BCUT2D eigenvalue weighted by Crippen LogP contribution is 2.38. The summed E-state index contributed by atoms with van der Waals surface area (Å²) in [6.07, 6.45) is -0.695. The number of carbonyl (C=O) groups excluding carboxylic acids is 1. The summed E-state index contributed by atoms with van der Waals surface area (Å²) < 4.78 is 38.4. The topological polar surface area (TPSA) is 59.6 Å². The van der Waals surface area contributed by atoms with E-state index in [1.54, 1.807) is 0 Å². The Morgan fingerprint density at radius 3 is 2.42 bits per heavy atom. The lowest BCUT2D eigenvalue weighted by Gasteiger charge is -2.36. The van der Waals surface area contributed by atoms with Crippen LogP contribution in [-0.4, -0.2) is 61.1 Å². The van der Waals surface area contributed by atoms with Gasteiger partial charge >= 0.3 is 6.18 Å². The maximum absolute atomic E-state index is 13.3. The van der Waals surface area contributed by atoms with Gasteiger partial charge in [-0.3, -0.25) is 9.69 Å². The predicted octanol–water partition coefficient (Wildman–Crippen LogP) is 4.15. The molecule has 0 radical (unpaired) electrons. The molecule has 3 heterocycles. The summed E-state index contributed by atoms with van der Waals surface area (Å²) in [5.41, 5.74) is 6.04. The third kappa shape index (κ3) is 5.08. The van der Waals surface area contributed by atoms with Gasteiger partial charge in [0.1, 0.15) is 0 Å². The summed E-state index contributed by atoms with van der Waals surface area (Å²) in [6, 6.07) is 9.54. The van der Waals surface area contributed by atoms with Gasteiger partial charge in [0.25, 0.3) is 5.91 Å². The van der Waals surface area contributed by atoms with Crippen LogP contribution < -0.4 is 16.0 Å². The van der Waals surface area contributed by atoms with Crippen molar-refractivity contribution in [1.82, 2.24) is 15.1 Å². The Hall–Kier alpha value is -3.04. The number of nitrogens with one attached hydrogen (secondary N) is 3. The van der Waals surface area contributed by atoms with Gasteiger partial charge in [0, 0.05) is 39.3 Å². The maximum atomic E-state index is 13.3. The van der Waals surface area contributed by atoms with Gasteiger partial charge < -0.3 is 20.9 Å². The Morgan fingerprint density at radius 2 is 1.78 bits per heavy atom. The maximum Gasteiger partial charge on any atom is 0.416 e. The highest BCUT2D eigenvalue weighted by molar-refractivity contribution is 5.95. The number of anilines is 2. The van der Waals surface area contributed by atoms with Crippen LogP contribution in [0.1, 0.15) is 35.6 Å². The molecule has 9 heteroatoms. The van der Waals surface area contributed by atoms with Gasteiger partial charge in [-0.15, -0.1) is 0 Å². The van der Waals surface area contributed by atoms with Crippen LogP contribution in [0.4, 0.5) is 24.5 Å². The van der Waals surface area contributed by atoms with Crippen LogP contribution in [0.15, 0.2) is 42.5 Å². The zero-order chi connectivity index (χ0) is 25.3. The van der Waals surface area contributed by atoms with Gasteiger partial charge in [-0.05, 0) is 59.8 Å². The molecule has 2 aromatic carbocycles. The third-order valence-electron chi connectivity index (χ3n) is 7.28. The molecule has 5 rings (SSSR count). The van der Waals surface area contributed by atoms with E-state index in [-0.39, 0.29) is 5.91 Å². The molecule has 3 aliphatic rings. The summed E-state index contributed by atoms with van der Waals surface area (Å²) in [6.45, 7) is 7.10. The Labute approximate surface area is 209 Å². The van der Waals surface area contributed by atoms with Gasteiger partial charge in [-0.1, -0.05) is 31.2 Å². The molecule has 0 saturated carbocycles. The van der Waals surface area contributed by atoms with E-state index < -0.39 is 17.9 Å². The molecule has 3 N–H and O–H groups in total. The first kappa shape index (κ1) is 24.6. The number of carbonyl (C=O) groups is 1. The summed E-state index contributed by atoms with van der Waals surface area (Å²) in [4.78, 5) is 17.3. The van der Waals surface area contributed by atoms with Crippen LogP contribution in [0.25, 0.3) is 5.57 Å². The zero-order valence-corrected chi connectivity index (χ0v) is 20.4. The van der Waals surface area contributed by atoms with Crippen molar-refractivity contribution < 1.29 is 18.0 Å². The summed E-state index contributed by atoms with van der Waals surface area (Å²) in [5, 5.41) is 10.2. The normalized spacial score (nSPS) is 20.4. The van der Waals surface area contributed by atoms with Crippen LogP contribution in [0.3, 0.4) is 0 Å². The number of rotatable bonds is 5. The largest absolute Gasteiger partial charge is 0.416 e. The van der Waals surface area contributed by atoms with Crippen LogP contribution in [0, 0.1) is 0 Å². The number of amides is 1. The van der Waals surface area contributed by atoms with Crippen LogP contribution in [-0.2, 0) is 23.9 Å². The lowest BCUT2D eigenvalue weighted by molar-refractivity contribution is -0.137. The fraction of sp³-hybridized carbons (Fsp3) is 0.444. The zero-order valence-electron chi connectivity index (χ0n) is 20.4. The van der Waals surface area contributed by atoms with Gasteiger partial charge in [0.05, 0.1) is 16.9 Å². The number of halogens is 3. The Morgan fingerprint density at radius 1 is 1.03 bits per heavy atom. The van der Waals surface area contributed by atoms with Crippen LogP contribution in [0.2, 0.25) is 0 Å². The number of fused-ring (bicyclic) bond motifs is 1. The molecule has 1 amide bonds. The molecule has 3 aliphatic heterocycles. The van der Waals surface area contributed by atoms with E-state index in [0.717, 1.165) is 55.0 Å². The van der Waals surface area contributed by atoms with Gasteiger partial charge in [0.2, 0.25) is 0 Å². The van der Waals surface area contributed by atoms with Crippen molar-refractivity contribution in [1.29, 1.82) is 0 Å². The van der Waals surface area contributed by atoms with Crippen molar-refractivity contribution in [2.45, 2.75) is 38.7 Å². The molecule has 0 aliphatic carbocycles. The average Bonchev–Trinajstić information content (AvgIpc) is 3.33. The molecule has 6 nitrogen and oxygen atoms in total. The first-order valence-electron chi connectivity index (χ1n) is 12.6. The first-order valence-corrected chi connectivity index (χ1v) is 12.6. The lowest BCUT2D eigenvalue weighted by atomic mass is 9.92. The Kier molecular flexibility index (Phi) is 6.94. The molecule has 2 aromatic rings. The molecule has 1 atom stereocenters. The number of alkyl halides is 3. The van der Waals surface area contributed by atoms with Crippen molar-refractivity contribution in [2.24, 2.45) is 0 Å². The molecule has 1 unspecified atom stereocenters. The number of nitrogens with zero attached hydrogens (tertiary/aromatic N) is 2. The molecular weight excluding hydrogens is 467 g/mol. The fourth-order valence-corrected chi connectivity index (χ4v) is 5.29. The molecule has 1 saturated heterocycles. The average molecular weight is 500 g/mol. The number of hydrogen-bond acceptors (Lipinski definition) is 5. The highest BCUT2D eigenvalue weighted by Gasteiger charge is 2.33. The predicted molar refractivity (Wildman–Crippen MR) is 136 cm³/mol. The summed E-state index contributed by atoms with van der Waals surface area (Å²) in [5.74, 6) is 0.0186. The molecule has 36 heavy (non-hydrogen) atoms. The molecule has 0 aromatic heterocycles. The summed E-state index contributed by atoms with van der Waals surface area (Å²) in [7, 11) is 0. The van der Waals surface area contributed by atoms with Crippen LogP contribution in [0.5, 0.6) is 0 Å². The van der Waals surface area contributed by atoms with Crippen molar-refractivity contribution in [3.8, 4) is 0 Å². The fourth-order valence-electron chi connectivity index (χ4n) is 5.29. The van der Waals surface area contributed by atoms with Gasteiger partial charge in [-0.25, -0.2) is 0 Å². The minimum atomic E-state index is -4.32. The van der Waals surface area contributed by atoms with Gasteiger partial charge in [0.15, 0.2) is 6.17 Å². The lowest BCUT2D eigenvalue weighted by Crippen LogP contribution is -2.53. The van der Waals surface area contributed by atoms with E-state index in [4.69, 9.17) is 0 Å². The summed E-state index contributed by atoms with van der Waals surface area (Å²) >= 11 is 0. The van der Waals surface area contributed by atoms with E-state index in [1.807, 2.05) is 4.90 Å². The van der Waals surface area contributed by atoms with Crippen molar-refractivity contribution >= 4 is 22.9 Å². The van der Waals surface area contributed by atoms with Crippen molar-refractivity contribution in [2.75, 3.05) is 49.9 Å². The van der Waals surface area contributed by atoms with Crippen molar-refractivity contribution in [3.63, 3.8) is 0 Å². The molecule has 0 spiro atoms. The van der Waals surface area contributed by atoms with Crippen molar-refractivity contribution in [3.05, 3.63) is 64.7 Å². The molecule has 192 valence electrons. The SMILES string of the molecule is CCc1c(C2=CCNCC2)ccc2c1NC(C(=O)N1CCN(Cc3ccc(C(F)(F)F)cc3)CC1)N2. The second-order valence-corrected chi connectivity index (χ2v) is 9.57. The minimum Gasteiger partial charge on any atom is -0.356 e. The first-order chi connectivity index (χ1) is 17.3. The van der Waals surface area contributed by atoms with Gasteiger partial charge in [-0.2, -0.15) is 13.2 Å². The molecular formula is C27H32F3N5O. The monoisotopic (exact) mass is 499 g/mol. The second-order valence-electron chi connectivity index (χ2n) is 9.57. The standard InChI is InChI=1S/C27H32F3N5O/c1-2-21-22(19-9-11-31-12-10-19)7-8-23-24(21)33-25(32-23)26(36)35-15-13-34(14-16-35)17-18-3-5-20(6-4-18)27(28,29)30/h3-9,25,31-33H,2,10-17H2,1H3. The quantitative estimate of drug-likeness (QED) is 0.577. The number of piperazine rings is 1. The number of hydrogen-bond donors (Lipinski definition) is 3. The highest BCUT2D eigenvalue weighted by atomic mass is 19.4. The van der Waals surface area contributed by atoms with E-state index >= 15 is 0 Å².